The van der Waals surface area contributed by atoms with Gasteiger partial charge in [0.1, 0.15) is 5.82 Å². The van der Waals surface area contributed by atoms with Crippen molar-refractivity contribution < 1.29 is 26.7 Å². The molecule has 0 amide bonds. The van der Waals surface area contributed by atoms with Crippen molar-refractivity contribution in [1.29, 1.82) is 0 Å². The summed E-state index contributed by atoms with van der Waals surface area (Å²) >= 11 is 0. The van der Waals surface area contributed by atoms with E-state index in [0.717, 1.165) is 12.3 Å². The molecule has 3 rings (SSSR count). The van der Waals surface area contributed by atoms with Gasteiger partial charge in [0.05, 0.1) is 17.0 Å². The highest BCUT2D eigenvalue weighted by Crippen LogP contribution is 2.40. The number of nitrogens with zero attached hydrogens (tertiary/aromatic N) is 3. The van der Waals surface area contributed by atoms with Crippen molar-refractivity contribution in [2.75, 3.05) is 13.6 Å². The third-order valence-electron chi connectivity index (χ3n) is 7.07. The largest absolute Gasteiger partial charge is 0.417 e. The molecular formula is C28H34F5N5O. The SMILES string of the molecule is CN=CC(=C(N)C(=O)C1CCCC(F)(F)C[C@@H](C)C1CNC1=CCC/C=C(\C(F)(F)F)C=N1)c1ccccn1. The Morgan fingerprint density at radius 3 is 2.67 bits per heavy atom. The lowest BCUT2D eigenvalue weighted by Gasteiger charge is -2.36. The maximum absolute atomic E-state index is 14.5. The zero-order valence-electron chi connectivity index (χ0n) is 22.0. The average Bonchev–Trinajstić information content (AvgIpc) is 2.85. The first-order valence-electron chi connectivity index (χ1n) is 12.9. The first kappa shape index (κ1) is 30.2. The number of carbonyl (C=O) groups is 1. The second-order valence-electron chi connectivity index (χ2n) is 9.96. The molecule has 0 aromatic carbocycles. The molecule has 2 unspecified atom stereocenters. The van der Waals surface area contributed by atoms with Gasteiger partial charge in [0, 0.05) is 56.6 Å². The smallest absolute Gasteiger partial charge is 0.395 e. The molecular weight excluding hydrogens is 517 g/mol. The number of alkyl halides is 5. The van der Waals surface area contributed by atoms with Gasteiger partial charge in [0.25, 0.3) is 0 Å². The summed E-state index contributed by atoms with van der Waals surface area (Å²) in [7, 11) is 1.54. The zero-order valence-corrected chi connectivity index (χ0v) is 22.0. The molecule has 3 N–H and O–H groups in total. The molecule has 212 valence electrons. The number of nitrogens with two attached hydrogens (primary N) is 1. The molecule has 39 heavy (non-hydrogen) atoms. The summed E-state index contributed by atoms with van der Waals surface area (Å²) in [5, 5.41) is 3.02. The summed E-state index contributed by atoms with van der Waals surface area (Å²) in [6.45, 7) is 1.73. The Kier molecular flexibility index (Phi) is 10.2. The number of nitrogens with one attached hydrogen (secondary N) is 1. The van der Waals surface area contributed by atoms with E-state index < -0.39 is 47.6 Å². The quantitative estimate of drug-likeness (QED) is 0.251. The summed E-state index contributed by atoms with van der Waals surface area (Å²) in [4.78, 5) is 26.0. The van der Waals surface area contributed by atoms with Crippen LogP contribution in [0.3, 0.4) is 0 Å². The molecule has 6 nitrogen and oxygen atoms in total. The topological polar surface area (TPSA) is 92.7 Å². The molecule has 11 heteroatoms. The van der Waals surface area contributed by atoms with Crippen LogP contribution in [0.25, 0.3) is 5.57 Å². The van der Waals surface area contributed by atoms with Crippen molar-refractivity contribution in [3.63, 3.8) is 0 Å². The van der Waals surface area contributed by atoms with Crippen molar-refractivity contribution in [2.24, 2.45) is 33.5 Å². The Balaban J connectivity index is 1.92. The highest BCUT2D eigenvalue weighted by molar-refractivity contribution is 6.18. The lowest BCUT2D eigenvalue weighted by Crippen LogP contribution is -2.41. The van der Waals surface area contributed by atoms with Crippen LogP contribution in [0.1, 0.15) is 51.1 Å². The van der Waals surface area contributed by atoms with Crippen molar-refractivity contribution in [2.45, 2.75) is 57.5 Å². The maximum atomic E-state index is 14.5. The molecule has 0 radical (unpaired) electrons. The summed E-state index contributed by atoms with van der Waals surface area (Å²) in [6.07, 6.45) is 2.03. The van der Waals surface area contributed by atoms with Gasteiger partial charge in [-0.15, -0.1) is 0 Å². The number of hydrogen-bond donors (Lipinski definition) is 2. The summed E-state index contributed by atoms with van der Waals surface area (Å²) in [5.41, 5.74) is 6.27. The lowest BCUT2D eigenvalue weighted by molar-refractivity contribution is -0.124. The van der Waals surface area contributed by atoms with Gasteiger partial charge in [-0.05, 0) is 55.7 Å². The van der Waals surface area contributed by atoms with E-state index in [-0.39, 0.29) is 43.7 Å². The van der Waals surface area contributed by atoms with Crippen LogP contribution in [0.5, 0.6) is 0 Å². The number of carbonyl (C=O) groups excluding carboxylic acids is 1. The monoisotopic (exact) mass is 551 g/mol. The van der Waals surface area contributed by atoms with E-state index in [1.54, 1.807) is 37.4 Å². The van der Waals surface area contributed by atoms with E-state index in [9.17, 15) is 26.7 Å². The second kappa shape index (κ2) is 13.1. The van der Waals surface area contributed by atoms with Gasteiger partial charge in [-0.2, -0.15) is 13.2 Å². The Morgan fingerprint density at radius 1 is 1.26 bits per heavy atom. The molecule has 2 heterocycles. The van der Waals surface area contributed by atoms with Crippen LogP contribution in [0, 0.1) is 17.8 Å². The minimum Gasteiger partial charge on any atom is -0.395 e. The van der Waals surface area contributed by atoms with E-state index >= 15 is 0 Å². The molecule has 0 spiro atoms. The van der Waals surface area contributed by atoms with E-state index in [2.05, 4.69) is 20.3 Å². The predicted octanol–water partition coefficient (Wildman–Crippen LogP) is 5.88. The van der Waals surface area contributed by atoms with Crippen molar-refractivity contribution in [3.8, 4) is 0 Å². The molecule has 1 aromatic rings. The molecule has 3 atom stereocenters. The fraction of sp³-hybridized carbons (Fsp3) is 0.500. The fourth-order valence-corrected chi connectivity index (χ4v) is 5.07. The van der Waals surface area contributed by atoms with Gasteiger partial charge < -0.3 is 11.1 Å². The van der Waals surface area contributed by atoms with Gasteiger partial charge in [0.15, 0.2) is 5.78 Å². The number of halogens is 5. The third kappa shape index (κ3) is 8.31. The number of Topliss-reactive ketones (excluding diaryl/α,β-unsaturated/α-hetero) is 1. The Labute approximate surface area is 225 Å². The van der Waals surface area contributed by atoms with Gasteiger partial charge in [0.2, 0.25) is 5.92 Å². The molecule has 0 bridgehead atoms. The van der Waals surface area contributed by atoms with Crippen molar-refractivity contribution in [1.82, 2.24) is 10.3 Å². The third-order valence-corrected chi connectivity index (χ3v) is 7.07. The van der Waals surface area contributed by atoms with Crippen LogP contribution < -0.4 is 11.1 Å². The van der Waals surface area contributed by atoms with E-state index in [0.29, 0.717) is 17.7 Å². The van der Waals surface area contributed by atoms with E-state index in [4.69, 9.17) is 5.73 Å². The van der Waals surface area contributed by atoms with Gasteiger partial charge in [-0.1, -0.05) is 19.1 Å². The first-order chi connectivity index (χ1) is 18.4. The Hall–Kier alpha value is -3.37. The van der Waals surface area contributed by atoms with Crippen molar-refractivity contribution in [3.05, 3.63) is 59.3 Å². The molecule has 1 saturated carbocycles. The summed E-state index contributed by atoms with van der Waals surface area (Å²) < 4.78 is 68.6. The summed E-state index contributed by atoms with van der Waals surface area (Å²) in [5.74, 6) is -4.94. The minimum atomic E-state index is -4.53. The van der Waals surface area contributed by atoms with Crippen LogP contribution in [-0.4, -0.2) is 48.9 Å². The minimum absolute atomic E-state index is 0.0584. The molecule has 1 aliphatic heterocycles. The number of pyridine rings is 1. The number of aliphatic imine (C=N–C) groups is 2. The van der Waals surface area contributed by atoms with Crippen LogP contribution in [-0.2, 0) is 4.79 Å². The molecule has 1 aliphatic carbocycles. The predicted molar refractivity (Wildman–Crippen MR) is 142 cm³/mol. The van der Waals surface area contributed by atoms with Crippen molar-refractivity contribution >= 4 is 23.8 Å². The first-order valence-corrected chi connectivity index (χ1v) is 12.9. The second-order valence-corrected chi connectivity index (χ2v) is 9.96. The van der Waals surface area contributed by atoms with E-state index in [1.807, 2.05) is 0 Å². The number of aromatic nitrogens is 1. The molecule has 0 saturated heterocycles. The Morgan fingerprint density at radius 2 is 2.00 bits per heavy atom. The van der Waals surface area contributed by atoms with Crippen LogP contribution >= 0.6 is 0 Å². The molecule has 1 fully saturated rings. The van der Waals surface area contributed by atoms with Gasteiger partial charge in [-0.25, -0.2) is 13.8 Å². The number of ketones is 1. The zero-order chi connectivity index (χ0) is 28.6. The van der Waals surface area contributed by atoms with Gasteiger partial charge in [-0.3, -0.25) is 14.8 Å². The van der Waals surface area contributed by atoms with E-state index in [1.165, 1.54) is 13.3 Å². The number of hydrogen-bond acceptors (Lipinski definition) is 6. The molecule has 2 aliphatic rings. The highest BCUT2D eigenvalue weighted by atomic mass is 19.4. The highest BCUT2D eigenvalue weighted by Gasteiger charge is 2.42. The molecule has 1 aromatic heterocycles. The maximum Gasteiger partial charge on any atom is 0.417 e. The van der Waals surface area contributed by atoms with Crippen LogP contribution in [0.15, 0.2) is 63.6 Å². The van der Waals surface area contributed by atoms with Gasteiger partial charge >= 0.3 is 6.18 Å². The van der Waals surface area contributed by atoms with Crippen LogP contribution in [0.2, 0.25) is 0 Å². The fourth-order valence-electron chi connectivity index (χ4n) is 5.07. The number of rotatable bonds is 7. The normalized spacial score (nSPS) is 26.3. The summed E-state index contributed by atoms with van der Waals surface area (Å²) in [6, 6.07) is 5.17. The van der Waals surface area contributed by atoms with Crippen LogP contribution in [0.4, 0.5) is 22.0 Å². The standard InChI is InChI=1S/C28H34F5N5O/c1-18-14-27(29,30)12-7-9-20(26(39)25(34)22(16-35-2)23-10-5-6-13-36-23)21(18)17-38-24-11-4-3-8-19(15-37-24)28(31,32)33/h5-6,8,10-11,13,15-16,18,20-21,38H,3-4,7,9,12,14,17,34H2,1-2H3/b19-8-,24-11?,25-22?,35-16?,37-15?/t18-,20?,21?/m1/s1. The lowest BCUT2D eigenvalue weighted by atomic mass is 9.72. The average molecular weight is 552 g/mol. The Bertz CT molecular complexity index is 1150. The number of allylic oxidation sites excluding steroid dienone is 5.